The van der Waals surface area contributed by atoms with Gasteiger partial charge < -0.3 is 16.0 Å². The molecule has 1 aromatic carbocycles. The van der Waals surface area contributed by atoms with E-state index in [-0.39, 0.29) is 0 Å². The Bertz CT molecular complexity index is 739. The summed E-state index contributed by atoms with van der Waals surface area (Å²) in [5.74, 6) is 0.886. The van der Waals surface area contributed by atoms with Crippen LogP contribution in [-0.4, -0.2) is 36.6 Å². The van der Waals surface area contributed by atoms with Crippen molar-refractivity contribution >= 4 is 27.4 Å². The second-order valence-corrected chi connectivity index (χ2v) is 6.97. The van der Waals surface area contributed by atoms with Gasteiger partial charge in [0.15, 0.2) is 0 Å². The van der Waals surface area contributed by atoms with Gasteiger partial charge in [0.05, 0.1) is 5.69 Å². The second kappa shape index (κ2) is 13.7. The van der Waals surface area contributed by atoms with Crippen molar-refractivity contribution in [2.45, 2.75) is 12.8 Å². The molecule has 0 bridgehead atoms. The van der Waals surface area contributed by atoms with Crippen molar-refractivity contribution in [2.75, 3.05) is 37.3 Å². The van der Waals surface area contributed by atoms with Gasteiger partial charge in [-0.05, 0) is 53.2 Å². The maximum atomic E-state index is 4.36. The predicted molar refractivity (Wildman–Crippen MR) is 122 cm³/mol. The van der Waals surface area contributed by atoms with Gasteiger partial charge in [-0.15, -0.1) is 0 Å². The van der Waals surface area contributed by atoms with E-state index in [2.05, 4.69) is 47.9 Å². The molecule has 6 heteroatoms. The molecule has 0 radical (unpaired) electrons. The molecule has 0 aliphatic carbocycles. The van der Waals surface area contributed by atoms with E-state index in [1.54, 1.807) is 6.20 Å². The van der Waals surface area contributed by atoms with Crippen LogP contribution in [0.5, 0.6) is 0 Å². The molecule has 2 aromatic heterocycles. The van der Waals surface area contributed by atoms with Gasteiger partial charge in [0.1, 0.15) is 5.82 Å². The van der Waals surface area contributed by atoms with Gasteiger partial charge in [0.25, 0.3) is 0 Å². The Morgan fingerprint density at radius 3 is 2.25 bits per heavy atom. The largest absolute Gasteiger partial charge is 0.382 e. The van der Waals surface area contributed by atoms with Gasteiger partial charge >= 0.3 is 0 Å². The standard InChI is InChI=1S/C16H22BrN5.C6H6/c1-18-16-15(4-2-9-21-16)20-10-3-8-19-11-7-14-6-5-13(17)12-22-14;1-2-4-6-5-3-1/h2,4-6,9,12,19-20H,3,7-8,10-11H2,1H3,(H,18,21);1-6H. The molecule has 0 aliphatic heterocycles. The average molecular weight is 442 g/mol. The SMILES string of the molecule is CNc1ncccc1NCCCNCCc1ccc(Br)cn1.c1ccccc1. The van der Waals surface area contributed by atoms with Gasteiger partial charge in [-0.3, -0.25) is 4.98 Å². The fourth-order valence-electron chi connectivity index (χ4n) is 2.46. The Morgan fingerprint density at radius 2 is 1.61 bits per heavy atom. The summed E-state index contributed by atoms with van der Waals surface area (Å²) in [5, 5.41) is 9.92. The minimum atomic E-state index is 0.886. The minimum Gasteiger partial charge on any atom is -0.382 e. The summed E-state index contributed by atoms with van der Waals surface area (Å²) in [7, 11) is 1.88. The van der Waals surface area contributed by atoms with E-state index in [4.69, 9.17) is 0 Å². The number of hydrogen-bond donors (Lipinski definition) is 3. The minimum absolute atomic E-state index is 0.886. The zero-order chi connectivity index (χ0) is 19.9. The van der Waals surface area contributed by atoms with Crippen LogP contribution in [-0.2, 0) is 6.42 Å². The maximum Gasteiger partial charge on any atom is 0.149 e. The molecule has 0 unspecified atom stereocenters. The zero-order valence-electron chi connectivity index (χ0n) is 16.2. The number of pyridine rings is 2. The molecule has 3 N–H and O–H groups in total. The van der Waals surface area contributed by atoms with Crippen LogP contribution in [0.3, 0.4) is 0 Å². The molecule has 0 atom stereocenters. The van der Waals surface area contributed by atoms with Gasteiger partial charge in [-0.2, -0.15) is 0 Å². The first-order valence-electron chi connectivity index (χ1n) is 9.47. The normalized spacial score (nSPS) is 9.93. The molecular formula is C22H28BrN5. The second-order valence-electron chi connectivity index (χ2n) is 6.05. The van der Waals surface area contributed by atoms with E-state index in [1.807, 2.05) is 67.8 Å². The van der Waals surface area contributed by atoms with Gasteiger partial charge in [-0.1, -0.05) is 36.4 Å². The number of benzene rings is 1. The summed E-state index contributed by atoms with van der Waals surface area (Å²) in [4.78, 5) is 8.62. The molecule has 0 saturated carbocycles. The first-order valence-corrected chi connectivity index (χ1v) is 10.3. The summed E-state index contributed by atoms with van der Waals surface area (Å²) in [5.41, 5.74) is 2.16. The Balaban J connectivity index is 0.000000397. The van der Waals surface area contributed by atoms with Crippen LogP contribution in [0.15, 0.2) is 77.5 Å². The van der Waals surface area contributed by atoms with Gasteiger partial charge in [-0.25, -0.2) is 4.98 Å². The molecular weight excluding hydrogens is 414 g/mol. The highest BCUT2D eigenvalue weighted by molar-refractivity contribution is 9.10. The van der Waals surface area contributed by atoms with E-state index in [9.17, 15) is 0 Å². The van der Waals surface area contributed by atoms with Crippen LogP contribution in [0, 0.1) is 0 Å². The van der Waals surface area contributed by atoms with Crippen LogP contribution in [0.1, 0.15) is 12.1 Å². The lowest BCUT2D eigenvalue weighted by Crippen LogP contribution is -2.21. The van der Waals surface area contributed by atoms with Gasteiger partial charge in [0, 0.05) is 49.1 Å². The Labute approximate surface area is 176 Å². The molecule has 0 amide bonds. The Hall–Kier alpha value is -2.44. The monoisotopic (exact) mass is 441 g/mol. The molecule has 3 rings (SSSR count). The number of anilines is 2. The highest BCUT2D eigenvalue weighted by atomic mass is 79.9. The van der Waals surface area contributed by atoms with Crippen molar-refractivity contribution in [3.63, 3.8) is 0 Å². The van der Waals surface area contributed by atoms with Crippen molar-refractivity contribution in [1.29, 1.82) is 0 Å². The van der Waals surface area contributed by atoms with E-state index < -0.39 is 0 Å². The van der Waals surface area contributed by atoms with E-state index in [0.717, 1.165) is 54.1 Å². The van der Waals surface area contributed by atoms with Crippen molar-refractivity contribution in [1.82, 2.24) is 15.3 Å². The third-order valence-electron chi connectivity index (χ3n) is 3.90. The quantitative estimate of drug-likeness (QED) is 0.423. The molecule has 28 heavy (non-hydrogen) atoms. The average Bonchev–Trinajstić information content (AvgIpc) is 2.76. The molecule has 2 heterocycles. The Morgan fingerprint density at radius 1 is 0.857 bits per heavy atom. The summed E-state index contributed by atoms with van der Waals surface area (Å²) in [6, 6.07) is 20.0. The first kappa shape index (κ1) is 21.9. The smallest absolute Gasteiger partial charge is 0.149 e. The number of nitrogens with zero attached hydrogens (tertiary/aromatic N) is 2. The summed E-state index contributed by atoms with van der Waals surface area (Å²) in [6.07, 6.45) is 5.64. The van der Waals surface area contributed by atoms with Crippen molar-refractivity contribution in [3.8, 4) is 0 Å². The highest BCUT2D eigenvalue weighted by Gasteiger charge is 1.99. The van der Waals surface area contributed by atoms with Crippen LogP contribution in [0.25, 0.3) is 0 Å². The number of aromatic nitrogens is 2. The number of rotatable bonds is 9. The predicted octanol–water partition coefficient (Wildman–Crippen LogP) is 4.60. The summed E-state index contributed by atoms with van der Waals surface area (Å²) in [6.45, 7) is 2.85. The number of nitrogens with one attached hydrogen (secondary N) is 3. The van der Waals surface area contributed by atoms with E-state index >= 15 is 0 Å². The molecule has 0 aliphatic rings. The fraction of sp³-hybridized carbons (Fsp3) is 0.273. The lowest BCUT2D eigenvalue weighted by atomic mass is 10.2. The molecule has 148 valence electrons. The van der Waals surface area contributed by atoms with Gasteiger partial charge in [0.2, 0.25) is 0 Å². The molecule has 0 fully saturated rings. The third-order valence-corrected chi connectivity index (χ3v) is 4.37. The van der Waals surface area contributed by atoms with Crippen molar-refractivity contribution in [3.05, 3.63) is 83.2 Å². The third kappa shape index (κ3) is 8.97. The molecule has 0 saturated heterocycles. The molecule has 5 nitrogen and oxygen atoms in total. The fourth-order valence-corrected chi connectivity index (χ4v) is 2.70. The summed E-state index contributed by atoms with van der Waals surface area (Å²) < 4.78 is 1.02. The summed E-state index contributed by atoms with van der Waals surface area (Å²) >= 11 is 3.39. The van der Waals surface area contributed by atoms with Crippen LogP contribution in [0.4, 0.5) is 11.5 Å². The molecule has 0 spiro atoms. The Kier molecular flexibility index (Phi) is 10.7. The number of halogens is 1. The maximum absolute atomic E-state index is 4.36. The van der Waals surface area contributed by atoms with Crippen LogP contribution >= 0.6 is 15.9 Å². The van der Waals surface area contributed by atoms with Crippen LogP contribution in [0.2, 0.25) is 0 Å². The number of hydrogen-bond acceptors (Lipinski definition) is 5. The van der Waals surface area contributed by atoms with Crippen LogP contribution < -0.4 is 16.0 Å². The lowest BCUT2D eigenvalue weighted by Gasteiger charge is -2.10. The molecule has 3 aromatic rings. The topological polar surface area (TPSA) is 61.9 Å². The lowest BCUT2D eigenvalue weighted by molar-refractivity contribution is 0.655. The van der Waals surface area contributed by atoms with E-state index in [1.165, 1.54) is 0 Å². The first-order chi connectivity index (χ1) is 13.8. The van der Waals surface area contributed by atoms with Crippen molar-refractivity contribution < 1.29 is 0 Å². The highest BCUT2D eigenvalue weighted by Crippen LogP contribution is 2.16. The van der Waals surface area contributed by atoms with E-state index in [0.29, 0.717) is 0 Å². The zero-order valence-corrected chi connectivity index (χ0v) is 17.8. The van der Waals surface area contributed by atoms with Crippen molar-refractivity contribution in [2.24, 2.45) is 0 Å².